The van der Waals surface area contributed by atoms with E-state index in [0.717, 1.165) is 17.8 Å². The molecule has 0 unspecified atom stereocenters. The summed E-state index contributed by atoms with van der Waals surface area (Å²) >= 11 is 0.782. The molecule has 0 atom stereocenters. The van der Waals surface area contributed by atoms with Gasteiger partial charge in [0.25, 0.3) is 5.69 Å². The second-order valence-electron chi connectivity index (χ2n) is 6.11. The smallest absolute Gasteiger partial charge is 0.433 e. The van der Waals surface area contributed by atoms with Crippen LogP contribution in [0.15, 0.2) is 23.4 Å². The molecule has 1 aliphatic rings. The molecule has 2 aromatic rings. The summed E-state index contributed by atoms with van der Waals surface area (Å²) in [6, 6.07) is 3.67. The van der Waals surface area contributed by atoms with Gasteiger partial charge in [0.05, 0.1) is 29.5 Å². The van der Waals surface area contributed by atoms with Gasteiger partial charge < -0.3 is 10.1 Å². The average molecular weight is 428 g/mol. The number of alkyl halides is 3. The minimum Gasteiger partial charge on any atom is -0.494 e. The molecule has 8 nitrogen and oxygen atoms in total. The summed E-state index contributed by atoms with van der Waals surface area (Å²) in [6.07, 6.45) is -3.26. The standard InChI is InChI=1S/C17H15F3N4O4S/c1-28-13-7-9(24(26)27)5-6-12(13)21-14(25)8-29-16-22-11-4-2-3-10(11)15(23-16)17(18,19)20/h5-7H,2-4,8H2,1H3,(H,21,25). The maximum absolute atomic E-state index is 13.2. The number of anilines is 1. The van der Waals surface area contributed by atoms with Crippen LogP contribution in [0.2, 0.25) is 0 Å². The van der Waals surface area contributed by atoms with Gasteiger partial charge in [0.1, 0.15) is 5.75 Å². The van der Waals surface area contributed by atoms with Crippen LogP contribution in [0, 0.1) is 10.1 Å². The van der Waals surface area contributed by atoms with Gasteiger partial charge in [-0.05, 0) is 25.3 Å². The first kappa shape index (κ1) is 20.8. The molecule has 0 saturated carbocycles. The van der Waals surface area contributed by atoms with Crippen molar-refractivity contribution in [3.05, 3.63) is 45.3 Å². The maximum Gasteiger partial charge on any atom is 0.433 e. The lowest BCUT2D eigenvalue weighted by atomic mass is 10.2. The zero-order valence-electron chi connectivity index (χ0n) is 15.1. The lowest BCUT2D eigenvalue weighted by Crippen LogP contribution is -2.17. The van der Waals surface area contributed by atoms with E-state index < -0.39 is 22.7 Å². The predicted octanol–water partition coefficient (Wildman–Crippen LogP) is 3.63. The molecule has 0 fully saturated rings. The lowest BCUT2D eigenvalue weighted by molar-refractivity contribution is -0.384. The Hall–Kier alpha value is -2.89. The Morgan fingerprint density at radius 3 is 2.76 bits per heavy atom. The summed E-state index contributed by atoms with van der Waals surface area (Å²) in [5.41, 5.74) is -0.455. The molecule has 0 saturated heterocycles. The van der Waals surface area contributed by atoms with Crippen LogP contribution in [-0.4, -0.2) is 33.7 Å². The van der Waals surface area contributed by atoms with Gasteiger partial charge in [0.2, 0.25) is 5.91 Å². The summed E-state index contributed by atoms with van der Waals surface area (Å²) in [5, 5.41) is 13.2. The van der Waals surface area contributed by atoms with Crippen molar-refractivity contribution in [2.24, 2.45) is 0 Å². The fourth-order valence-corrected chi connectivity index (χ4v) is 3.58. The minimum atomic E-state index is -4.58. The minimum absolute atomic E-state index is 0.0886. The molecular formula is C17H15F3N4O4S. The number of rotatable bonds is 6. The van der Waals surface area contributed by atoms with E-state index in [0.29, 0.717) is 18.5 Å². The Bertz CT molecular complexity index is 968. The van der Waals surface area contributed by atoms with Gasteiger partial charge in [-0.1, -0.05) is 11.8 Å². The third-order valence-electron chi connectivity index (χ3n) is 4.18. The van der Waals surface area contributed by atoms with Crippen LogP contribution in [0.5, 0.6) is 5.75 Å². The number of benzene rings is 1. The van der Waals surface area contributed by atoms with Crippen LogP contribution in [-0.2, 0) is 23.8 Å². The maximum atomic E-state index is 13.2. The van der Waals surface area contributed by atoms with Crippen LogP contribution in [0.1, 0.15) is 23.4 Å². The SMILES string of the molecule is COc1cc([N+](=O)[O-])ccc1NC(=O)CSc1nc2c(c(C(F)(F)F)n1)CCC2. The van der Waals surface area contributed by atoms with Crippen LogP contribution < -0.4 is 10.1 Å². The number of nitro benzene ring substituents is 1. The number of carbonyl (C=O) groups is 1. The van der Waals surface area contributed by atoms with E-state index in [9.17, 15) is 28.1 Å². The summed E-state index contributed by atoms with van der Waals surface area (Å²) < 4.78 is 44.8. The van der Waals surface area contributed by atoms with Crippen molar-refractivity contribution in [1.82, 2.24) is 9.97 Å². The number of nitrogens with zero attached hydrogens (tertiary/aromatic N) is 3. The monoisotopic (exact) mass is 428 g/mol. The number of halogens is 3. The second kappa shape index (κ2) is 8.23. The molecule has 0 spiro atoms. The largest absolute Gasteiger partial charge is 0.494 e. The Morgan fingerprint density at radius 1 is 1.34 bits per heavy atom. The van der Waals surface area contributed by atoms with Gasteiger partial charge in [0.15, 0.2) is 10.9 Å². The quantitative estimate of drug-likeness (QED) is 0.324. The molecule has 12 heteroatoms. The van der Waals surface area contributed by atoms with Gasteiger partial charge in [-0.3, -0.25) is 14.9 Å². The fraction of sp³-hybridized carbons (Fsp3) is 0.353. The first-order valence-corrected chi connectivity index (χ1v) is 9.39. The first-order chi connectivity index (χ1) is 13.7. The molecule has 29 heavy (non-hydrogen) atoms. The fourth-order valence-electron chi connectivity index (χ4n) is 2.92. The zero-order valence-corrected chi connectivity index (χ0v) is 15.9. The number of amides is 1. The number of ether oxygens (including phenoxy) is 1. The third-order valence-corrected chi connectivity index (χ3v) is 5.03. The molecule has 154 valence electrons. The number of aryl methyl sites for hydroxylation is 1. The van der Waals surface area contributed by atoms with Gasteiger partial charge in [-0.25, -0.2) is 9.97 Å². The number of fused-ring (bicyclic) bond motifs is 1. The van der Waals surface area contributed by atoms with E-state index in [2.05, 4.69) is 15.3 Å². The van der Waals surface area contributed by atoms with Crippen LogP contribution in [0.25, 0.3) is 0 Å². The Morgan fingerprint density at radius 2 is 2.10 bits per heavy atom. The summed E-state index contributed by atoms with van der Waals surface area (Å²) in [4.78, 5) is 30.1. The van der Waals surface area contributed by atoms with E-state index >= 15 is 0 Å². The molecule has 1 aromatic carbocycles. The highest BCUT2D eigenvalue weighted by atomic mass is 32.2. The topological polar surface area (TPSA) is 107 Å². The number of carbonyl (C=O) groups excluding carboxylic acids is 1. The Kier molecular flexibility index (Phi) is 5.91. The highest BCUT2D eigenvalue weighted by Crippen LogP contribution is 2.36. The number of hydrogen-bond donors (Lipinski definition) is 1. The number of aromatic nitrogens is 2. The van der Waals surface area contributed by atoms with Crippen molar-refractivity contribution < 1.29 is 27.6 Å². The number of hydrogen-bond acceptors (Lipinski definition) is 7. The van der Waals surface area contributed by atoms with Crippen LogP contribution in [0.3, 0.4) is 0 Å². The Labute approximate surface area is 167 Å². The number of thioether (sulfide) groups is 1. The van der Waals surface area contributed by atoms with Crippen molar-refractivity contribution in [3.8, 4) is 5.75 Å². The molecule has 1 aromatic heterocycles. The molecule has 0 aliphatic heterocycles. The van der Waals surface area contributed by atoms with Crippen molar-refractivity contribution in [2.45, 2.75) is 30.6 Å². The average Bonchev–Trinajstić information content (AvgIpc) is 3.13. The molecule has 1 amide bonds. The van der Waals surface area contributed by atoms with E-state index in [1.165, 1.54) is 19.2 Å². The number of nitro groups is 1. The van der Waals surface area contributed by atoms with Gasteiger partial charge >= 0.3 is 6.18 Å². The van der Waals surface area contributed by atoms with Crippen molar-refractivity contribution in [2.75, 3.05) is 18.2 Å². The van der Waals surface area contributed by atoms with E-state index in [1.54, 1.807) is 0 Å². The summed E-state index contributed by atoms with van der Waals surface area (Å²) in [6.45, 7) is 0. The molecule has 1 N–H and O–H groups in total. The first-order valence-electron chi connectivity index (χ1n) is 8.41. The number of methoxy groups -OCH3 is 1. The third kappa shape index (κ3) is 4.75. The van der Waals surface area contributed by atoms with Gasteiger partial charge in [-0.15, -0.1) is 0 Å². The zero-order chi connectivity index (χ0) is 21.2. The highest BCUT2D eigenvalue weighted by molar-refractivity contribution is 7.99. The molecule has 0 radical (unpaired) electrons. The lowest BCUT2D eigenvalue weighted by Gasteiger charge is -2.12. The Balaban J connectivity index is 1.71. The molecular weight excluding hydrogens is 413 g/mol. The molecule has 1 aliphatic carbocycles. The van der Waals surface area contributed by atoms with Gasteiger partial charge in [0, 0.05) is 17.3 Å². The van der Waals surface area contributed by atoms with Gasteiger partial charge in [-0.2, -0.15) is 13.2 Å². The second-order valence-corrected chi connectivity index (χ2v) is 7.05. The van der Waals surface area contributed by atoms with Crippen LogP contribution >= 0.6 is 11.8 Å². The number of non-ortho nitro benzene ring substituents is 1. The van der Waals surface area contributed by atoms with Crippen molar-refractivity contribution in [1.29, 1.82) is 0 Å². The van der Waals surface area contributed by atoms with E-state index in [-0.39, 0.29) is 40.0 Å². The van der Waals surface area contributed by atoms with Crippen molar-refractivity contribution in [3.63, 3.8) is 0 Å². The van der Waals surface area contributed by atoms with Crippen LogP contribution in [0.4, 0.5) is 24.5 Å². The molecule has 3 rings (SSSR count). The summed E-state index contributed by atoms with van der Waals surface area (Å²) in [7, 11) is 1.29. The molecule has 0 bridgehead atoms. The van der Waals surface area contributed by atoms with Crippen molar-refractivity contribution >= 4 is 29.0 Å². The normalized spacial score (nSPS) is 13.1. The van der Waals surface area contributed by atoms with E-state index in [1.807, 2.05) is 0 Å². The van der Waals surface area contributed by atoms with E-state index in [4.69, 9.17) is 4.74 Å². The summed E-state index contributed by atoms with van der Waals surface area (Å²) in [5.74, 6) is -0.693. The number of nitrogens with one attached hydrogen (secondary N) is 1. The predicted molar refractivity (Wildman–Crippen MR) is 98.1 cm³/mol. The highest BCUT2D eigenvalue weighted by Gasteiger charge is 2.38. The molecule has 1 heterocycles.